The predicted octanol–water partition coefficient (Wildman–Crippen LogP) is 1.39. The molecule has 1 atom stereocenters. The van der Waals surface area contributed by atoms with Gasteiger partial charge in [-0.1, -0.05) is 0 Å². The molecule has 0 spiro atoms. The number of carbonyl (C=O) groups is 1. The first-order chi connectivity index (χ1) is 9.99. The topological polar surface area (TPSA) is 131 Å². The number of rotatable bonds is 3. The van der Waals surface area contributed by atoms with Gasteiger partial charge in [0.25, 0.3) is 5.69 Å². The van der Waals surface area contributed by atoms with Crippen molar-refractivity contribution < 1.29 is 14.8 Å². The highest BCUT2D eigenvalue weighted by molar-refractivity contribution is 5.82. The second-order valence-corrected chi connectivity index (χ2v) is 4.56. The molecule has 1 aliphatic rings. The lowest BCUT2D eigenvalue weighted by atomic mass is 10.1. The van der Waals surface area contributed by atoms with Crippen molar-refractivity contribution >= 4 is 17.3 Å². The number of aliphatic carboxylic acids is 1. The monoisotopic (exact) mass is 286 g/mol. The zero-order valence-electron chi connectivity index (χ0n) is 10.8. The fourth-order valence-corrected chi connectivity index (χ4v) is 2.45. The molecule has 1 aliphatic heterocycles. The van der Waals surface area contributed by atoms with Gasteiger partial charge in [0.1, 0.15) is 23.9 Å². The van der Waals surface area contributed by atoms with Crippen LogP contribution in [-0.4, -0.2) is 28.6 Å². The summed E-state index contributed by atoms with van der Waals surface area (Å²) in [6.07, 6.45) is 0.977. The summed E-state index contributed by atoms with van der Waals surface area (Å²) >= 11 is 0. The number of nitro benzene ring substituents is 1. The number of hydrogen-bond donors (Lipinski definition) is 1. The van der Waals surface area contributed by atoms with E-state index in [-0.39, 0.29) is 22.5 Å². The molecule has 1 N–H and O–H groups in total. The molecule has 1 fully saturated rings. The van der Waals surface area contributed by atoms with Gasteiger partial charge in [0.15, 0.2) is 0 Å². The molecule has 2 rings (SSSR count). The summed E-state index contributed by atoms with van der Waals surface area (Å²) in [4.78, 5) is 23.1. The van der Waals surface area contributed by atoms with Gasteiger partial charge in [-0.2, -0.15) is 10.5 Å². The fourth-order valence-electron chi connectivity index (χ4n) is 2.45. The number of nitrogens with zero attached hydrogens (tertiary/aromatic N) is 4. The van der Waals surface area contributed by atoms with Crippen LogP contribution in [-0.2, 0) is 4.79 Å². The Labute approximate surface area is 119 Å². The van der Waals surface area contributed by atoms with Crippen molar-refractivity contribution in [2.45, 2.75) is 18.9 Å². The van der Waals surface area contributed by atoms with Gasteiger partial charge >= 0.3 is 5.97 Å². The molecule has 0 radical (unpaired) electrons. The van der Waals surface area contributed by atoms with E-state index >= 15 is 0 Å². The molecule has 1 aromatic rings. The minimum Gasteiger partial charge on any atom is -0.480 e. The van der Waals surface area contributed by atoms with Gasteiger partial charge in [-0.15, -0.1) is 0 Å². The molecule has 21 heavy (non-hydrogen) atoms. The molecule has 0 bridgehead atoms. The average molecular weight is 286 g/mol. The Hall–Kier alpha value is -3.13. The number of benzene rings is 1. The van der Waals surface area contributed by atoms with E-state index in [1.54, 1.807) is 12.1 Å². The van der Waals surface area contributed by atoms with Crippen LogP contribution >= 0.6 is 0 Å². The lowest BCUT2D eigenvalue weighted by Crippen LogP contribution is -2.36. The first-order valence-corrected chi connectivity index (χ1v) is 6.11. The normalized spacial score (nSPS) is 17.0. The van der Waals surface area contributed by atoms with Crippen molar-refractivity contribution in [1.29, 1.82) is 10.5 Å². The van der Waals surface area contributed by atoms with E-state index in [0.717, 1.165) is 6.07 Å². The van der Waals surface area contributed by atoms with Crippen molar-refractivity contribution in [3.63, 3.8) is 0 Å². The molecule has 1 aromatic carbocycles. The number of anilines is 1. The van der Waals surface area contributed by atoms with E-state index in [2.05, 4.69) is 0 Å². The highest BCUT2D eigenvalue weighted by Crippen LogP contribution is 2.35. The highest BCUT2D eigenvalue weighted by atomic mass is 16.6. The Bertz CT molecular complexity index is 701. The molecular formula is C13H10N4O4. The summed E-state index contributed by atoms with van der Waals surface area (Å²) in [6, 6.07) is 4.91. The molecule has 1 saturated heterocycles. The quantitative estimate of drug-likeness (QED) is 0.655. The first-order valence-electron chi connectivity index (χ1n) is 6.11. The van der Waals surface area contributed by atoms with E-state index in [4.69, 9.17) is 10.5 Å². The van der Waals surface area contributed by atoms with E-state index in [1.807, 2.05) is 0 Å². The van der Waals surface area contributed by atoms with Gasteiger partial charge in [-0.25, -0.2) is 4.79 Å². The van der Waals surface area contributed by atoms with Crippen molar-refractivity contribution in [1.82, 2.24) is 0 Å². The van der Waals surface area contributed by atoms with Gasteiger partial charge in [0, 0.05) is 12.6 Å². The average Bonchev–Trinajstić information content (AvgIpc) is 2.95. The number of nitriles is 2. The number of hydrogen-bond acceptors (Lipinski definition) is 6. The molecule has 1 heterocycles. The van der Waals surface area contributed by atoms with Gasteiger partial charge in [-0.05, 0) is 18.9 Å². The number of carboxylic acids is 1. The maximum Gasteiger partial charge on any atom is 0.326 e. The second kappa shape index (κ2) is 5.47. The molecule has 0 aliphatic carbocycles. The summed E-state index contributed by atoms with van der Waals surface area (Å²) in [5.74, 6) is -1.07. The smallest absolute Gasteiger partial charge is 0.326 e. The van der Waals surface area contributed by atoms with Gasteiger partial charge in [-0.3, -0.25) is 10.1 Å². The number of nitro groups is 1. The van der Waals surface area contributed by atoms with E-state index in [0.29, 0.717) is 19.4 Å². The van der Waals surface area contributed by atoms with Crippen LogP contribution in [0.25, 0.3) is 0 Å². The molecular weight excluding hydrogens is 276 g/mol. The molecule has 0 amide bonds. The molecule has 0 unspecified atom stereocenters. The first kappa shape index (κ1) is 14.3. The minimum atomic E-state index is -1.07. The maximum absolute atomic E-state index is 11.2. The predicted molar refractivity (Wildman–Crippen MR) is 70.5 cm³/mol. The lowest BCUT2D eigenvalue weighted by Gasteiger charge is -2.23. The third-order valence-electron chi connectivity index (χ3n) is 3.40. The Balaban J connectivity index is 2.62. The summed E-state index contributed by atoms with van der Waals surface area (Å²) in [7, 11) is 0. The van der Waals surface area contributed by atoms with E-state index < -0.39 is 16.9 Å². The second-order valence-electron chi connectivity index (χ2n) is 4.56. The summed E-state index contributed by atoms with van der Waals surface area (Å²) in [5.41, 5.74) is -0.396. The van der Waals surface area contributed by atoms with Crippen LogP contribution in [0.15, 0.2) is 12.1 Å². The Morgan fingerprint density at radius 2 is 2.00 bits per heavy atom. The third-order valence-corrected chi connectivity index (χ3v) is 3.40. The van der Waals surface area contributed by atoms with Crippen LogP contribution in [0.5, 0.6) is 0 Å². The molecule has 0 aromatic heterocycles. The largest absolute Gasteiger partial charge is 0.480 e. The van der Waals surface area contributed by atoms with Crippen molar-refractivity contribution in [3.05, 3.63) is 33.4 Å². The molecule has 106 valence electrons. The third kappa shape index (κ3) is 2.47. The Kier molecular flexibility index (Phi) is 3.72. The van der Waals surface area contributed by atoms with Crippen LogP contribution in [0, 0.1) is 32.8 Å². The Morgan fingerprint density at radius 3 is 2.52 bits per heavy atom. The van der Waals surface area contributed by atoms with Crippen LogP contribution in [0.3, 0.4) is 0 Å². The van der Waals surface area contributed by atoms with Crippen LogP contribution in [0.2, 0.25) is 0 Å². The van der Waals surface area contributed by atoms with Crippen molar-refractivity contribution in [2.24, 2.45) is 0 Å². The van der Waals surface area contributed by atoms with Crippen LogP contribution in [0.4, 0.5) is 11.4 Å². The summed E-state index contributed by atoms with van der Waals surface area (Å²) in [6.45, 7) is 0.356. The van der Waals surface area contributed by atoms with Crippen molar-refractivity contribution in [2.75, 3.05) is 11.4 Å². The molecule has 8 heteroatoms. The van der Waals surface area contributed by atoms with Gasteiger partial charge in [0.2, 0.25) is 0 Å². The Morgan fingerprint density at radius 1 is 1.38 bits per heavy atom. The fraction of sp³-hybridized carbons (Fsp3) is 0.308. The highest BCUT2D eigenvalue weighted by Gasteiger charge is 2.35. The zero-order valence-corrected chi connectivity index (χ0v) is 10.8. The van der Waals surface area contributed by atoms with Gasteiger partial charge in [0.05, 0.1) is 16.1 Å². The minimum absolute atomic E-state index is 0.00543. The number of carboxylic acid groups (broad SMARTS) is 1. The van der Waals surface area contributed by atoms with Crippen LogP contribution < -0.4 is 4.90 Å². The summed E-state index contributed by atoms with van der Waals surface area (Å²) < 4.78 is 0. The van der Waals surface area contributed by atoms with Gasteiger partial charge < -0.3 is 10.0 Å². The SMILES string of the molecule is N#Cc1cc(N2CCC[C@@H]2C(=O)O)c([N+](=O)[O-])cc1C#N. The van der Waals surface area contributed by atoms with E-state index in [9.17, 15) is 20.0 Å². The van der Waals surface area contributed by atoms with Crippen molar-refractivity contribution in [3.8, 4) is 12.1 Å². The maximum atomic E-state index is 11.2. The standard InChI is InChI=1S/C13H10N4O4/c14-6-8-4-11(12(17(20)21)5-9(8)7-15)16-3-1-2-10(16)13(18)19/h4-5,10H,1-3H2,(H,18,19)/t10-/m1/s1. The van der Waals surface area contributed by atoms with E-state index in [1.165, 1.54) is 11.0 Å². The zero-order chi connectivity index (χ0) is 15.6. The molecule has 8 nitrogen and oxygen atoms in total. The summed E-state index contributed by atoms with van der Waals surface area (Å²) in [5, 5.41) is 38.3. The lowest BCUT2D eigenvalue weighted by molar-refractivity contribution is -0.384. The van der Waals surface area contributed by atoms with Crippen LogP contribution in [0.1, 0.15) is 24.0 Å². The molecule has 0 saturated carbocycles.